The normalized spacial score (nSPS) is 26.3. The second kappa shape index (κ2) is 14.6. The minimum Gasteiger partial charge on any atom is -0.478 e. The Kier molecular flexibility index (Phi) is 12.5. The molecule has 8 nitrogen and oxygen atoms in total. The van der Waals surface area contributed by atoms with Crippen LogP contribution in [0.4, 0.5) is 0 Å². The van der Waals surface area contributed by atoms with Gasteiger partial charge in [-0.1, -0.05) is 39.8 Å². The molecule has 0 saturated carbocycles. The zero-order chi connectivity index (χ0) is 33.7. The number of Topliss-reactive ketones (excluding diaryl/α,β-unsaturated/α-hetero) is 2. The van der Waals surface area contributed by atoms with Gasteiger partial charge in [-0.3, -0.25) is 9.59 Å². The van der Waals surface area contributed by atoms with Crippen molar-refractivity contribution >= 4 is 47.0 Å². The fourth-order valence-corrected chi connectivity index (χ4v) is 7.95. The number of unbranched alkanes of at least 4 members (excludes halogenated alkanes) is 1. The monoisotopic (exact) mass is 646 g/mol. The van der Waals surface area contributed by atoms with Gasteiger partial charge >= 0.3 is 11.9 Å². The van der Waals surface area contributed by atoms with Gasteiger partial charge in [0.25, 0.3) is 0 Å². The van der Waals surface area contributed by atoms with Crippen LogP contribution in [0.1, 0.15) is 81.1 Å². The zero-order valence-corrected chi connectivity index (χ0v) is 28.6. The molecule has 10 heteroatoms. The van der Waals surface area contributed by atoms with Crippen molar-refractivity contribution in [1.82, 2.24) is 0 Å². The van der Waals surface area contributed by atoms with Gasteiger partial charge in [0.05, 0.1) is 9.81 Å². The summed E-state index contributed by atoms with van der Waals surface area (Å²) in [5, 5.41) is 41.4. The third-order valence-corrected chi connectivity index (χ3v) is 11.1. The Morgan fingerprint density at radius 1 is 0.705 bits per heavy atom. The Morgan fingerprint density at radius 3 is 1.32 bits per heavy atom. The first kappa shape index (κ1) is 37.5. The molecule has 44 heavy (non-hydrogen) atoms. The van der Waals surface area contributed by atoms with Gasteiger partial charge in [0.1, 0.15) is 11.2 Å². The number of thioether (sulfide) groups is 2. The molecule has 0 aromatic carbocycles. The standard InChI is InChI=1S/C34H46O8S2/c1-21(17-27(37)38)11-13-33(41)23(3)29(25(35)19-31(33,5)6)43-15-9-10-16-44-30-24(4)34(42,32(7,8)20-26(30)36)14-12-22(2)18-28(39)40/h11-14,17-18,41-42H,9-10,15-16,19-20H2,1-8H3,(H,37,38)(H,39,40)/b13-11+,14-12+,21-17-,22-18-/t33-,34-/m1/s1. The second-order valence-corrected chi connectivity index (χ2v) is 15.1. The van der Waals surface area contributed by atoms with Crippen LogP contribution in [0.5, 0.6) is 0 Å². The maximum atomic E-state index is 13.0. The largest absolute Gasteiger partial charge is 0.478 e. The number of hydrogen-bond donors (Lipinski definition) is 4. The van der Waals surface area contributed by atoms with E-state index in [-0.39, 0.29) is 24.4 Å². The minimum atomic E-state index is -1.42. The van der Waals surface area contributed by atoms with Gasteiger partial charge in [-0.2, -0.15) is 0 Å². The van der Waals surface area contributed by atoms with Crippen molar-refractivity contribution < 1.29 is 39.6 Å². The van der Waals surface area contributed by atoms with Gasteiger partial charge in [0.15, 0.2) is 11.6 Å². The topological polar surface area (TPSA) is 149 Å². The second-order valence-electron chi connectivity index (χ2n) is 12.9. The van der Waals surface area contributed by atoms with Crippen molar-refractivity contribution in [2.45, 2.75) is 92.3 Å². The molecule has 0 heterocycles. The van der Waals surface area contributed by atoms with Crippen LogP contribution in [0.25, 0.3) is 0 Å². The van der Waals surface area contributed by atoms with E-state index < -0.39 is 34.0 Å². The molecule has 242 valence electrons. The van der Waals surface area contributed by atoms with Crippen LogP contribution in [-0.4, -0.2) is 66.6 Å². The highest BCUT2D eigenvalue weighted by Crippen LogP contribution is 2.50. The SMILES string of the molecule is CC1=C(SCCCCSC2=C(C)[C@](O)(/C=C/C(C)=C\C(=O)O)C(C)(C)CC2=O)C(=O)CC(C)(C)[C@@]1(O)/C=C/C(C)=C\C(=O)O. The summed E-state index contributed by atoms with van der Waals surface area (Å²) in [5.74, 6) is -0.930. The van der Waals surface area contributed by atoms with Gasteiger partial charge in [0, 0.05) is 35.8 Å². The fourth-order valence-electron chi connectivity index (χ4n) is 5.63. The number of carboxylic acid groups (broad SMARTS) is 2. The summed E-state index contributed by atoms with van der Waals surface area (Å²) in [5.41, 5.74) is -2.33. The summed E-state index contributed by atoms with van der Waals surface area (Å²) in [6.45, 7) is 14.1. The Labute approximate surface area is 269 Å². The molecule has 2 rings (SSSR count). The predicted octanol–water partition coefficient (Wildman–Crippen LogP) is 6.42. The summed E-state index contributed by atoms with van der Waals surface area (Å²) in [6, 6.07) is 0. The number of allylic oxidation sites excluding steroid dienone is 6. The van der Waals surface area contributed by atoms with Gasteiger partial charge in [0.2, 0.25) is 0 Å². The van der Waals surface area contributed by atoms with E-state index in [1.165, 1.54) is 23.5 Å². The van der Waals surface area contributed by atoms with Crippen LogP contribution in [-0.2, 0) is 19.2 Å². The number of rotatable bonds is 13. The molecular formula is C34H46O8S2. The Bertz CT molecular complexity index is 1270. The summed E-state index contributed by atoms with van der Waals surface area (Å²) in [6.07, 6.45) is 10.3. The summed E-state index contributed by atoms with van der Waals surface area (Å²) in [4.78, 5) is 49.1. The first-order valence-electron chi connectivity index (χ1n) is 14.6. The van der Waals surface area contributed by atoms with Crippen molar-refractivity contribution in [1.29, 1.82) is 0 Å². The molecule has 0 unspecified atom stereocenters. The van der Waals surface area contributed by atoms with Gasteiger partial charge < -0.3 is 20.4 Å². The zero-order valence-electron chi connectivity index (χ0n) is 26.9. The molecule has 0 amide bonds. The van der Waals surface area contributed by atoms with Crippen molar-refractivity contribution in [2.24, 2.45) is 10.8 Å². The number of carbonyl (C=O) groups excluding carboxylic acids is 2. The van der Waals surface area contributed by atoms with Gasteiger partial charge in [-0.25, -0.2) is 9.59 Å². The summed E-state index contributed by atoms with van der Waals surface area (Å²) < 4.78 is 0. The molecule has 2 atom stereocenters. The average molecular weight is 647 g/mol. The molecule has 2 aliphatic carbocycles. The van der Waals surface area contributed by atoms with Crippen LogP contribution in [0.2, 0.25) is 0 Å². The quantitative estimate of drug-likeness (QED) is 0.100. The highest BCUT2D eigenvalue weighted by atomic mass is 32.2. The smallest absolute Gasteiger partial charge is 0.328 e. The molecule has 0 radical (unpaired) electrons. The molecule has 4 N–H and O–H groups in total. The molecule has 0 bridgehead atoms. The van der Waals surface area contributed by atoms with Gasteiger partial charge in [-0.05, 0) is 86.5 Å². The molecule has 0 aromatic heterocycles. The molecule has 0 aromatic rings. The number of aliphatic carboxylic acids is 2. The van der Waals surface area contributed by atoms with E-state index >= 15 is 0 Å². The molecule has 0 saturated heterocycles. The van der Waals surface area contributed by atoms with E-state index in [2.05, 4.69) is 0 Å². The number of carbonyl (C=O) groups is 4. The Hall–Kier alpha value is -2.66. The van der Waals surface area contributed by atoms with Gasteiger partial charge in [-0.15, -0.1) is 23.5 Å². The van der Waals surface area contributed by atoms with Crippen molar-refractivity contribution in [3.8, 4) is 0 Å². The van der Waals surface area contributed by atoms with Crippen LogP contribution in [0, 0.1) is 10.8 Å². The van der Waals surface area contributed by atoms with E-state index in [1.54, 1.807) is 52.0 Å². The third-order valence-electron chi connectivity index (χ3n) is 8.51. The lowest BCUT2D eigenvalue weighted by molar-refractivity contribution is -0.132. The predicted molar refractivity (Wildman–Crippen MR) is 177 cm³/mol. The number of ketones is 2. The maximum Gasteiger partial charge on any atom is 0.328 e. The Morgan fingerprint density at radius 2 is 1.02 bits per heavy atom. The van der Waals surface area contributed by atoms with Crippen LogP contribution in [0.15, 0.2) is 68.6 Å². The highest BCUT2D eigenvalue weighted by molar-refractivity contribution is 8.04. The Balaban J connectivity index is 2.13. The van der Waals surface area contributed by atoms with E-state index in [0.717, 1.165) is 25.0 Å². The molecule has 2 aliphatic rings. The number of aliphatic hydroxyl groups is 2. The summed E-state index contributed by atoms with van der Waals surface area (Å²) >= 11 is 2.81. The number of carboxylic acids is 2. The van der Waals surface area contributed by atoms with E-state index in [1.807, 2.05) is 27.7 Å². The van der Waals surface area contributed by atoms with Crippen LogP contribution < -0.4 is 0 Å². The number of hydrogen-bond acceptors (Lipinski definition) is 8. The van der Waals surface area contributed by atoms with E-state index in [4.69, 9.17) is 10.2 Å². The lowest BCUT2D eigenvalue weighted by Crippen LogP contribution is -2.49. The molecular weight excluding hydrogens is 601 g/mol. The van der Waals surface area contributed by atoms with Crippen molar-refractivity contribution in [2.75, 3.05) is 11.5 Å². The van der Waals surface area contributed by atoms with Crippen molar-refractivity contribution in [3.05, 3.63) is 68.6 Å². The highest BCUT2D eigenvalue weighted by Gasteiger charge is 2.50. The van der Waals surface area contributed by atoms with E-state index in [9.17, 15) is 29.4 Å². The maximum absolute atomic E-state index is 13.0. The fraction of sp³-hybridized carbons (Fsp3) is 0.529. The average Bonchev–Trinajstić information content (AvgIpc) is 2.88. The van der Waals surface area contributed by atoms with Crippen molar-refractivity contribution in [3.63, 3.8) is 0 Å². The third kappa shape index (κ3) is 8.53. The minimum absolute atomic E-state index is 0.0280. The van der Waals surface area contributed by atoms with E-state index in [0.29, 0.717) is 43.6 Å². The van der Waals surface area contributed by atoms with Crippen LogP contribution in [0.3, 0.4) is 0 Å². The molecule has 0 fully saturated rings. The summed E-state index contributed by atoms with van der Waals surface area (Å²) in [7, 11) is 0. The molecule has 0 spiro atoms. The molecule has 0 aliphatic heterocycles. The first-order chi connectivity index (χ1) is 20.2. The lowest BCUT2D eigenvalue weighted by Gasteiger charge is -2.45. The lowest BCUT2D eigenvalue weighted by atomic mass is 9.64. The van der Waals surface area contributed by atoms with Crippen LogP contribution >= 0.6 is 23.5 Å². The first-order valence-corrected chi connectivity index (χ1v) is 16.6.